The standard InChI is InChI=1S/C20H21N3O4/c24-18(13-23-16-5-1-2-6-17(16)27-20(23)25)22-14-8-10-15(11-9-14)26-19-7-3-4-12-21-19/h1-7,12,14-15H,8-11,13H2,(H,22,24). The number of carbonyl (C=O) groups excluding carboxylic acids is 1. The Balaban J connectivity index is 1.30. The highest BCUT2D eigenvalue weighted by Gasteiger charge is 2.24. The van der Waals surface area contributed by atoms with E-state index in [-0.39, 0.29) is 24.6 Å². The lowest BCUT2D eigenvalue weighted by atomic mass is 9.93. The van der Waals surface area contributed by atoms with Gasteiger partial charge < -0.3 is 14.5 Å². The Kier molecular flexibility index (Phi) is 4.91. The van der Waals surface area contributed by atoms with Gasteiger partial charge >= 0.3 is 5.76 Å². The Hall–Kier alpha value is -3.09. The van der Waals surface area contributed by atoms with E-state index >= 15 is 0 Å². The third-order valence-electron chi connectivity index (χ3n) is 4.84. The van der Waals surface area contributed by atoms with Gasteiger partial charge in [-0.15, -0.1) is 0 Å². The Morgan fingerprint density at radius 2 is 1.93 bits per heavy atom. The fourth-order valence-electron chi connectivity index (χ4n) is 3.49. The summed E-state index contributed by atoms with van der Waals surface area (Å²) in [5.74, 6) is -0.0623. The number of nitrogens with zero attached hydrogens (tertiary/aromatic N) is 2. The first-order chi connectivity index (χ1) is 13.2. The fraction of sp³-hybridized carbons (Fsp3) is 0.350. The number of hydrogen-bond donors (Lipinski definition) is 1. The molecular formula is C20H21N3O4. The van der Waals surface area contributed by atoms with Crippen molar-refractivity contribution in [1.82, 2.24) is 14.9 Å². The van der Waals surface area contributed by atoms with E-state index in [9.17, 15) is 9.59 Å². The molecule has 1 aliphatic rings. The number of ether oxygens (including phenoxy) is 1. The molecule has 0 spiro atoms. The van der Waals surface area contributed by atoms with Crippen LogP contribution >= 0.6 is 0 Å². The lowest BCUT2D eigenvalue weighted by molar-refractivity contribution is -0.122. The summed E-state index contributed by atoms with van der Waals surface area (Å²) in [6.45, 7) is -0.0415. The maximum absolute atomic E-state index is 12.4. The van der Waals surface area contributed by atoms with Crippen LogP contribution in [0.25, 0.3) is 11.1 Å². The normalized spacial score (nSPS) is 19.7. The van der Waals surface area contributed by atoms with Crippen LogP contribution in [0, 0.1) is 0 Å². The van der Waals surface area contributed by atoms with Gasteiger partial charge in [-0.25, -0.2) is 9.78 Å². The summed E-state index contributed by atoms with van der Waals surface area (Å²) in [6.07, 6.45) is 5.22. The van der Waals surface area contributed by atoms with Crippen LogP contribution in [0.3, 0.4) is 0 Å². The van der Waals surface area contributed by atoms with Crippen LogP contribution in [0.2, 0.25) is 0 Å². The second-order valence-electron chi connectivity index (χ2n) is 6.75. The zero-order valence-corrected chi connectivity index (χ0v) is 14.8. The Morgan fingerprint density at radius 1 is 1.15 bits per heavy atom. The molecule has 7 nitrogen and oxygen atoms in total. The molecule has 27 heavy (non-hydrogen) atoms. The van der Waals surface area contributed by atoms with E-state index in [0.717, 1.165) is 25.7 Å². The number of rotatable bonds is 5. The average Bonchev–Trinajstić information content (AvgIpc) is 2.99. The maximum atomic E-state index is 12.4. The zero-order valence-electron chi connectivity index (χ0n) is 14.8. The van der Waals surface area contributed by atoms with E-state index < -0.39 is 5.76 Å². The second-order valence-corrected chi connectivity index (χ2v) is 6.75. The number of nitrogens with one attached hydrogen (secondary N) is 1. The van der Waals surface area contributed by atoms with Crippen LogP contribution in [0.1, 0.15) is 25.7 Å². The van der Waals surface area contributed by atoms with Gasteiger partial charge in [0.2, 0.25) is 11.8 Å². The van der Waals surface area contributed by atoms with Crippen molar-refractivity contribution in [1.29, 1.82) is 0 Å². The predicted molar refractivity (Wildman–Crippen MR) is 99.5 cm³/mol. The van der Waals surface area contributed by atoms with Crippen LogP contribution in [0.4, 0.5) is 0 Å². The summed E-state index contributed by atoms with van der Waals surface area (Å²) in [5, 5.41) is 3.02. The van der Waals surface area contributed by atoms with Crippen molar-refractivity contribution in [3.8, 4) is 5.88 Å². The first-order valence-electron chi connectivity index (χ1n) is 9.14. The van der Waals surface area contributed by atoms with Crippen LogP contribution < -0.4 is 15.8 Å². The molecule has 0 radical (unpaired) electrons. The van der Waals surface area contributed by atoms with E-state index in [2.05, 4.69) is 10.3 Å². The molecule has 4 rings (SSSR count). The van der Waals surface area contributed by atoms with E-state index in [1.807, 2.05) is 24.3 Å². The first-order valence-corrected chi connectivity index (χ1v) is 9.14. The van der Waals surface area contributed by atoms with Crippen molar-refractivity contribution < 1.29 is 13.9 Å². The predicted octanol–water partition coefficient (Wildman–Crippen LogP) is 2.50. The van der Waals surface area contributed by atoms with Crippen molar-refractivity contribution in [2.75, 3.05) is 0 Å². The van der Waals surface area contributed by atoms with Crippen molar-refractivity contribution in [2.45, 2.75) is 44.4 Å². The minimum Gasteiger partial charge on any atom is -0.474 e. The molecule has 0 atom stereocenters. The molecule has 2 aromatic heterocycles. The molecule has 0 saturated heterocycles. The summed E-state index contributed by atoms with van der Waals surface area (Å²) in [4.78, 5) is 28.6. The molecule has 0 bridgehead atoms. The number of pyridine rings is 1. The number of amides is 1. The first kappa shape index (κ1) is 17.3. The van der Waals surface area contributed by atoms with Crippen molar-refractivity contribution in [3.63, 3.8) is 0 Å². The molecule has 1 fully saturated rings. The summed E-state index contributed by atoms with van der Waals surface area (Å²) < 4.78 is 12.4. The van der Waals surface area contributed by atoms with E-state index in [1.165, 1.54) is 4.57 Å². The molecule has 0 unspecified atom stereocenters. The molecule has 3 aromatic rings. The van der Waals surface area contributed by atoms with E-state index in [0.29, 0.717) is 17.0 Å². The minimum absolute atomic E-state index is 0.0415. The quantitative estimate of drug-likeness (QED) is 0.749. The van der Waals surface area contributed by atoms with E-state index in [1.54, 1.807) is 24.4 Å². The third-order valence-corrected chi connectivity index (χ3v) is 4.84. The maximum Gasteiger partial charge on any atom is 0.420 e. The second kappa shape index (κ2) is 7.65. The average molecular weight is 367 g/mol. The van der Waals surface area contributed by atoms with Crippen LogP contribution in [0.15, 0.2) is 57.9 Å². The number of fused-ring (bicyclic) bond motifs is 1. The van der Waals surface area contributed by atoms with Gasteiger partial charge in [-0.05, 0) is 43.9 Å². The summed E-state index contributed by atoms with van der Waals surface area (Å²) in [5.41, 5.74) is 1.12. The van der Waals surface area contributed by atoms with Gasteiger partial charge in [0.1, 0.15) is 12.6 Å². The molecule has 1 amide bonds. The topological polar surface area (TPSA) is 86.4 Å². The number of aromatic nitrogens is 2. The highest BCUT2D eigenvalue weighted by atomic mass is 16.5. The monoisotopic (exact) mass is 367 g/mol. The smallest absolute Gasteiger partial charge is 0.420 e. The molecule has 1 aromatic carbocycles. The number of para-hydroxylation sites is 2. The number of carbonyl (C=O) groups is 1. The van der Waals surface area contributed by atoms with Gasteiger partial charge in [0.05, 0.1) is 5.52 Å². The third kappa shape index (κ3) is 4.02. The highest BCUT2D eigenvalue weighted by molar-refractivity contribution is 5.79. The summed E-state index contributed by atoms with van der Waals surface area (Å²) in [7, 11) is 0. The van der Waals surface area contributed by atoms with Crippen LogP contribution in [0.5, 0.6) is 5.88 Å². The lowest BCUT2D eigenvalue weighted by Crippen LogP contribution is -2.41. The number of oxazole rings is 1. The molecule has 1 saturated carbocycles. The number of hydrogen-bond acceptors (Lipinski definition) is 5. The summed E-state index contributed by atoms with van der Waals surface area (Å²) in [6, 6.07) is 12.8. The number of benzene rings is 1. The van der Waals surface area contributed by atoms with Gasteiger partial charge in [0.15, 0.2) is 5.58 Å². The minimum atomic E-state index is -0.515. The Labute approximate surface area is 156 Å². The molecule has 1 aliphatic carbocycles. The van der Waals surface area contributed by atoms with Gasteiger partial charge in [-0.3, -0.25) is 9.36 Å². The van der Waals surface area contributed by atoms with E-state index in [4.69, 9.17) is 9.15 Å². The molecular weight excluding hydrogens is 346 g/mol. The van der Waals surface area contributed by atoms with Gasteiger partial charge in [0, 0.05) is 18.3 Å². The van der Waals surface area contributed by atoms with Gasteiger partial charge in [-0.1, -0.05) is 18.2 Å². The Morgan fingerprint density at radius 3 is 2.70 bits per heavy atom. The summed E-state index contributed by atoms with van der Waals surface area (Å²) >= 11 is 0. The zero-order chi connectivity index (χ0) is 18.6. The van der Waals surface area contributed by atoms with Gasteiger partial charge in [-0.2, -0.15) is 0 Å². The largest absolute Gasteiger partial charge is 0.474 e. The van der Waals surface area contributed by atoms with Crippen molar-refractivity contribution >= 4 is 17.0 Å². The highest BCUT2D eigenvalue weighted by Crippen LogP contribution is 2.22. The van der Waals surface area contributed by atoms with Crippen molar-refractivity contribution in [3.05, 3.63) is 59.2 Å². The molecule has 0 aliphatic heterocycles. The molecule has 2 heterocycles. The van der Waals surface area contributed by atoms with Crippen LogP contribution in [-0.2, 0) is 11.3 Å². The van der Waals surface area contributed by atoms with Crippen LogP contribution in [-0.4, -0.2) is 27.6 Å². The molecule has 140 valence electrons. The Bertz CT molecular complexity index is 972. The molecule has 7 heteroatoms. The molecule has 1 N–H and O–H groups in total. The lowest BCUT2D eigenvalue weighted by Gasteiger charge is -2.29. The van der Waals surface area contributed by atoms with Gasteiger partial charge in [0.25, 0.3) is 0 Å². The van der Waals surface area contributed by atoms with Crippen molar-refractivity contribution in [2.24, 2.45) is 0 Å². The fourth-order valence-corrected chi connectivity index (χ4v) is 3.49. The SMILES string of the molecule is O=C(Cn1c(=O)oc2ccccc21)NC1CCC(Oc2ccccn2)CC1.